The smallest absolute Gasteiger partial charge is 0.263 e. The average molecular weight is 238 g/mol. The van der Waals surface area contributed by atoms with E-state index in [2.05, 4.69) is 35.6 Å². The Morgan fingerprint density at radius 1 is 1.29 bits per heavy atom. The van der Waals surface area contributed by atoms with Crippen molar-refractivity contribution in [2.75, 3.05) is 7.11 Å². The Labute approximate surface area is 101 Å². The minimum Gasteiger partial charge on any atom is -0.263 e. The minimum absolute atomic E-state index is 0.0946. The largest absolute Gasteiger partial charge is 0.376 e. The summed E-state index contributed by atoms with van der Waals surface area (Å²) < 4.78 is 0. The lowest BCUT2D eigenvalue weighted by Crippen LogP contribution is -2.20. The van der Waals surface area contributed by atoms with Crippen LogP contribution in [-0.4, -0.2) is 13.1 Å². The molecule has 0 aromatic heterocycles. The van der Waals surface area contributed by atoms with Crippen LogP contribution in [0.3, 0.4) is 0 Å². The van der Waals surface area contributed by atoms with Gasteiger partial charge in [0, 0.05) is 0 Å². The van der Waals surface area contributed by atoms with Crippen molar-refractivity contribution in [2.24, 2.45) is 0 Å². The van der Waals surface area contributed by atoms with Gasteiger partial charge in [0.1, 0.15) is 0 Å². The van der Waals surface area contributed by atoms with Crippen LogP contribution in [0.4, 0.5) is 0 Å². The highest BCUT2D eigenvalue weighted by molar-refractivity contribution is 5.91. The Hall–Kier alpha value is -1.39. The van der Waals surface area contributed by atoms with Gasteiger partial charge in [-0.25, -0.2) is 4.79 Å². The zero-order valence-corrected chi connectivity index (χ0v) is 10.6. The van der Waals surface area contributed by atoms with Crippen LogP contribution in [0, 0.1) is 0 Å². The molecular weight excluding hydrogens is 220 g/mol. The molecule has 0 unspecified atom stereocenters. The molecule has 1 rings (SSSR count). The predicted molar refractivity (Wildman–Crippen MR) is 63.3 cm³/mol. The third-order valence-electron chi connectivity index (χ3n) is 2.94. The van der Waals surface area contributed by atoms with E-state index in [1.54, 1.807) is 12.1 Å². The highest BCUT2D eigenvalue weighted by Crippen LogP contribution is 2.29. The summed E-state index contributed by atoms with van der Waals surface area (Å²) >= 11 is 0. The van der Waals surface area contributed by atoms with Crippen molar-refractivity contribution in [2.45, 2.75) is 32.6 Å². The summed E-state index contributed by atoms with van der Waals surface area (Å²) in [5.74, 6) is -0.552. The molecule has 0 aliphatic rings. The fraction of sp³-hybridized carbons (Fsp3) is 0.462. The van der Waals surface area contributed by atoms with E-state index < -0.39 is 5.97 Å². The van der Waals surface area contributed by atoms with E-state index >= 15 is 0 Å². The SMILES string of the molecule is CCC(C)(C)c1ccccc1C(=O)OOOC. The first-order valence-corrected chi connectivity index (χ1v) is 5.54. The first kappa shape index (κ1) is 13.7. The van der Waals surface area contributed by atoms with Crippen molar-refractivity contribution in [3.05, 3.63) is 35.4 Å². The quantitative estimate of drug-likeness (QED) is 0.584. The molecule has 0 radical (unpaired) electrons. The van der Waals surface area contributed by atoms with Gasteiger partial charge in [0.25, 0.3) is 0 Å². The highest BCUT2D eigenvalue weighted by Gasteiger charge is 2.25. The molecule has 0 saturated heterocycles. The molecule has 0 bridgehead atoms. The molecule has 0 heterocycles. The maximum Gasteiger partial charge on any atom is 0.376 e. The molecule has 0 saturated carbocycles. The molecule has 94 valence electrons. The Bertz CT molecular complexity index is 385. The van der Waals surface area contributed by atoms with Gasteiger partial charge in [-0.2, -0.15) is 4.89 Å². The molecule has 1 aromatic carbocycles. The molecule has 0 aliphatic heterocycles. The summed E-state index contributed by atoms with van der Waals surface area (Å²) in [6, 6.07) is 7.33. The topological polar surface area (TPSA) is 44.8 Å². The van der Waals surface area contributed by atoms with E-state index in [-0.39, 0.29) is 5.41 Å². The van der Waals surface area contributed by atoms with Crippen molar-refractivity contribution in [3.63, 3.8) is 0 Å². The lowest BCUT2D eigenvalue weighted by atomic mass is 9.80. The van der Waals surface area contributed by atoms with Crippen LogP contribution < -0.4 is 0 Å². The number of hydrogen-bond donors (Lipinski definition) is 0. The third-order valence-corrected chi connectivity index (χ3v) is 2.94. The molecule has 0 fully saturated rings. The second-order valence-electron chi connectivity index (χ2n) is 4.39. The fourth-order valence-electron chi connectivity index (χ4n) is 1.55. The lowest BCUT2D eigenvalue weighted by Gasteiger charge is -2.25. The summed E-state index contributed by atoms with van der Waals surface area (Å²) in [4.78, 5) is 20.5. The van der Waals surface area contributed by atoms with Crippen LogP contribution in [0.5, 0.6) is 0 Å². The maximum absolute atomic E-state index is 11.8. The molecule has 0 amide bonds. The highest BCUT2D eigenvalue weighted by atomic mass is 17.5. The second kappa shape index (κ2) is 5.80. The Morgan fingerprint density at radius 3 is 2.53 bits per heavy atom. The first-order chi connectivity index (χ1) is 8.03. The molecule has 0 atom stereocenters. The minimum atomic E-state index is -0.552. The Morgan fingerprint density at radius 2 is 1.94 bits per heavy atom. The van der Waals surface area contributed by atoms with Gasteiger partial charge in [-0.3, -0.25) is 4.89 Å². The fourth-order valence-corrected chi connectivity index (χ4v) is 1.55. The van der Waals surface area contributed by atoms with Crippen LogP contribution >= 0.6 is 0 Å². The van der Waals surface area contributed by atoms with Crippen LogP contribution in [0.15, 0.2) is 24.3 Å². The molecule has 17 heavy (non-hydrogen) atoms. The van der Waals surface area contributed by atoms with E-state index in [0.29, 0.717) is 5.56 Å². The number of benzene rings is 1. The average Bonchev–Trinajstić information content (AvgIpc) is 2.36. The van der Waals surface area contributed by atoms with E-state index in [4.69, 9.17) is 0 Å². The normalized spacial score (nSPS) is 11.3. The number of rotatable bonds is 5. The van der Waals surface area contributed by atoms with Crippen LogP contribution in [0.1, 0.15) is 43.1 Å². The van der Waals surface area contributed by atoms with E-state index in [9.17, 15) is 4.79 Å². The molecular formula is C13H18O4. The third kappa shape index (κ3) is 3.28. The number of carbonyl (C=O) groups excluding carboxylic acids is 1. The monoisotopic (exact) mass is 238 g/mol. The van der Waals surface area contributed by atoms with Gasteiger partial charge in [0.15, 0.2) is 0 Å². The van der Waals surface area contributed by atoms with Gasteiger partial charge in [0.05, 0.1) is 12.7 Å². The Kier molecular flexibility index (Phi) is 4.66. The molecule has 4 heteroatoms. The van der Waals surface area contributed by atoms with E-state index in [0.717, 1.165) is 12.0 Å². The maximum atomic E-state index is 11.8. The number of hydrogen-bond acceptors (Lipinski definition) is 4. The van der Waals surface area contributed by atoms with Gasteiger partial charge in [-0.15, -0.1) is 0 Å². The molecule has 0 spiro atoms. The molecule has 4 nitrogen and oxygen atoms in total. The Balaban J connectivity index is 3.04. The number of carbonyl (C=O) groups is 1. The van der Waals surface area contributed by atoms with Gasteiger partial charge < -0.3 is 0 Å². The summed E-state index contributed by atoms with van der Waals surface area (Å²) in [6.45, 7) is 6.24. The zero-order chi connectivity index (χ0) is 12.9. The van der Waals surface area contributed by atoms with Crippen LogP contribution in [-0.2, 0) is 20.2 Å². The summed E-state index contributed by atoms with van der Waals surface area (Å²) in [7, 11) is 1.27. The molecule has 0 aliphatic carbocycles. The van der Waals surface area contributed by atoms with E-state index in [1.807, 2.05) is 12.1 Å². The van der Waals surface area contributed by atoms with Crippen molar-refractivity contribution < 1.29 is 19.6 Å². The summed E-state index contributed by atoms with van der Waals surface area (Å²) in [5, 5.41) is 4.20. The predicted octanol–water partition coefficient (Wildman–Crippen LogP) is 3.02. The van der Waals surface area contributed by atoms with Crippen molar-refractivity contribution in [3.8, 4) is 0 Å². The molecule has 0 N–H and O–H groups in total. The van der Waals surface area contributed by atoms with Gasteiger partial charge >= 0.3 is 5.97 Å². The van der Waals surface area contributed by atoms with Gasteiger partial charge in [-0.1, -0.05) is 39.0 Å². The van der Waals surface area contributed by atoms with Crippen molar-refractivity contribution >= 4 is 5.97 Å². The van der Waals surface area contributed by atoms with Gasteiger partial charge in [-0.05, 0) is 28.5 Å². The second-order valence-corrected chi connectivity index (χ2v) is 4.39. The summed E-state index contributed by atoms with van der Waals surface area (Å²) in [6.07, 6.45) is 0.919. The van der Waals surface area contributed by atoms with E-state index in [1.165, 1.54) is 7.11 Å². The van der Waals surface area contributed by atoms with Crippen LogP contribution in [0.2, 0.25) is 0 Å². The zero-order valence-electron chi connectivity index (χ0n) is 10.6. The van der Waals surface area contributed by atoms with Crippen molar-refractivity contribution in [1.82, 2.24) is 0 Å². The standard InChI is InChI=1S/C13H18O4/c1-5-13(2,3)11-9-7-6-8-10(11)12(14)16-17-15-4/h6-9H,5H2,1-4H3. The first-order valence-electron chi connectivity index (χ1n) is 5.54. The van der Waals surface area contributed by atoms with Crippen LogP contribution in [0.25, 0.3) is 0 Å². The van der Waals surface area contributed by atoms with Gasteiger partial charge in [0.2, 0.25) is 0 Å². The molecule has 1 aromatic rings. The lowest BCUT2D eigenvalue weighted by molar-refractivity contribution is -0.469. The summed E-state index contributed by atoms with van der Waals surface area (Å²) in [5.41, 5.74) is 1.34. The van der Waals surface area contributed by atoms with Crippen molar-refractivity contribution in [1.29, 1.82) is 0 Å².